The monoisotopic (exact) mass is 371 g/mol. The van der Waals surface area contributed by atoms with E-state index in [-0.39, 0.29) is 23.8 Å². The highest BCUT2D eigenvalue weighted by molar-refractivity contribution is 5.79. The van der Waals surface area contributed by atoms with Gasteiger partial charge in [0, 0.05) is 49.2 Å². The summed E-state index contributed by atoms with van der Waals surface area (Å²) >= 11 is 0. The van der Waals surface area contributed by atoms with Gasteiger partial charge in [-0.25, -0.2) is 9.97 Å². The zero-order valence-electron chi connectivity index (χ0n) is 16.5. The first-order valence-electron chi connectivity index (χ1n) is 9.84. The second-order valence-electron chi connectivity index (χ2n) is 7.40. The number of H-pyrrole nitrogens is 1. The Morgan fingerprint density at radius 2 is 2.19 bits per heavy atom. The predicted molar refractivity (Wildman–Crippen MR) is 104 cm³/mol. The van der Waals surface area contributed by atoms with Crippen LogP contribution < -0.4 is 5.56 Å². The van der Waals surface area contributed by atoms with Gasteiger partial charge in [-0.15, -0.1) is 0 Å². The van der Waals surface area contributed by atoms with Gasteiger partial charge in [-0.3, -0.25) is 9.59 Å². The highest BCUT2D eigenvalue weighted by atomic mass is 16.2. The van der Waals surface area contributed by atoms with E-state index < -0.39 is 0 Å². The van der Waals surface area contributed by atoms with E-state index in [0.717, 1.165) is 44.6 Å². The summed E-state index contributed by atoms with van der Waals surface area (Å²) in [6.45, 7) is 8.09. The zero-order valence-corrected chi connectivity index (χ0v) is 16.5. The molecule has 0 saturated carbocycles. The summed E-state index contributed by atoms with van der Waals surface area (Å²) in [7, 11) is 0. The van der Waals surface area contributed by atoms with Crippen LogP contribution in [0.2, 0.25) is 0 Å². The van der Waals surface area contributed by atoms with Gasteiger partial charge in [0.1, 0.15) is 11.6 Å². The second kappa shape index (κ2) is 8.50. The van der Waals surface area contributed by atoms with Gasteiger partial charge in [0.05, 0.1) is 6.42 Å². The van der Waals surface area contributed by atoms with Crippen LogP contribution in [0.5, 0.6) is 0 Å². The number of aromatic amines is 1. The average Bonchev–Trinajstić information content (AvgIpc) is 3.11. The molecule has 146 valence electrons. The molecule has 1 fully saturated rings. The molecule has 0 radical (unpaired) electrons. The van der Waals surface area contributed by atoms with E-state index in [1.165, 1.54) is 0 Å². The molecule has 2 aromatic heterocycles. The fourth-order valence-electron chi connectivity index (χ4n) is 3.83. The first-order valence-corrected chi connectivity index (χ1v) is 9.84. The molecule has 0 bridgehead atoms. The van der Waals surface area contributed by atoms with Crippen LogP contribution in [0.3, 0.4) is 0 Å². The molecule has 3 rings (SSSR count). The highest BCUT2D eigenvalue weighted by Crippen LogP contribution is 2.26. The van der Waals surface area contributed by atoms with Gasteiger partial charge >= 0.3 is 0 Å². The Labute approximate surface area is 159 Å². The van der Waals surface area contributed by atoms with E-state index in [9.17, 15) is 9.59 Å². The molecule has 0 aromatic carbocycles. The quantitative estimate of drug-likeness (QED) is 0.845. The number of nitrogens with zero attached hydrogens (tertiary/aromatic N) is 4. The van der Waals surface area contributed by atoms with Gasteiger partial charge in [-0.1, -0.05) is 13.3 Å². The van der Waals surface area contributed by atoms with E-state index in [2.05, 4.69) is 26.4 Å². The van der Waals surface area contributed by atoms with Gasteiger partial charge < -0.3 is 14.5 Å². The molecule has 3 heterocycles. The maximum absolute atomic E-state index is 12.8. The maximum atomic E-state index is 12.8. The fraction of sp³-hybridized carbons (Fsp3) is 0.600. The molecule has 2 aromatic rings. The van der Waals surface area contributed by atoms with E-state index in [0.29, 0.717) is 23.6 Å². The smallest absolute Gasteiger partial charge is 0.254 e. The summed E-state index contributed by atoms with van der Waals surface area (Å²) in [5, 5.41) is 0. The van der Waals surface area contributed by atoms with Crippen molar-refractivity contribution in [3.05, 3.63) is 45.7 Å². The summed E-state index contributed by atoms with van der Waals surface area (Å²) in [6.07, 6.45) is 8.26. The van der Waals surface area contributed by atoms with Crippen molar-refractivity contribution in [3.63, 3.8) is 0 Å². The molecule has 1 unspecified atom stereocenters. The molecule has 27 heavy (non-hydrogen) atoms. The topological polar surface area (TPSA) is 83.9 Å². The summed E-state index contributed by atoms with van der Waals surface area (Å²) in [6, 6.07) is 0. The number of hydrogen-bond donors (Lipinski definition) is 1. The van der Waals surface area contributed by atoms with Crippen LogP contribution in [0.25, 0.3) is 0 Å². The van der Waals surface area contributed by atoms with Crippen molar-refractivity contribution in [1.82, 2.24) is 24.4 Å². The Kier molecular flexibility index (Phi) is 6.08. The first kappa shape index (κ1) is 19.3. The number of carbonyl (C=O) groups excluding carboxylic acids is 1. The number of rotatable bonds is 6. The van der Waals surface area contributed by atoms with Crippen molar-refractivity contribution in [1.29, 1.82) is 0 Å². The number of imidazole rings is 1. The Hall–Kier alpha value is -2.44. The van der Waals surface area contributed by atoms with Gasteiger partial charge in [-0.2, -0.15) is 0 Å². The van der Waals surface area contributed by atoms with Gasteiger partial charge in [-0.05, 0) is 33.1 Å². The fourth-order valence-corrected chi connectivity index (χ4v) is 3.83. The van der Waals surface area contributed by atoms with Crippen molar-refractivity contribution in [2.24, 2.45) is 0 Å². The lowest BCUT2D eigenvalue weighted by Gasteiger charge is -2.33. The molecule has 1 aliphatic heterocycles. The molecule has 0 spiro atoms. The van der Waals surface area contributed by atoms with E-state index >= 15 is 0 Å². The van der Waals surface area contributed by atoms with Gasteiger partial charge in [0.15, 0.2) is 0 Å². The molecule has 7 nitrogen and oxygen atoms in total. The van der Waals surface area contributed by atoms with E-state index in [4.69, 9.17) is 0 Å². The van der Waals surface area contributed by atoms with Crippen LogP contribution in [-0.4, -0.2) is 43.4 Å². The second-order valence-corrected chi connectivity index (χ2v) is 7.40. The predicted octanol–water partition coefficient (Wildman–Crippen LogP) is 2.33. The first-order chi connectivity index (χ1) is 13.0. The SMILES string of the molecule is CCCCn1ccnc1C1CCCN(C(=O)Cc2c(C)nc(C)[nH]c2=O)C1. The third-order valence-electron chi connectivity index (χ3n) is 5.31. The normalized spacial score (nSPS) is 17.3. The van der Waals surface area contributed by atoms with Crippen LogP contribution in [0.1, 0.15) is 61.4 Å². The van der Waals surface area contributed by atoms with Crippen molar-refractivity contribution < 1.29 is 4.79 Å². The number of amides is 1. The van der Waals surface area contributed by atoms with Crippen molar-refractivity contribution in [2.45, 2.75) is 65.3 Å². The largest absolute Gasteiger partial charge is 0.342 e. The summed E-state index contributed by atoms with van der Waals surface area (Å²) in [5.74, 6) is 1.90. The van der Waals surface area contributed by atoms with Crippen LogP contribution in [0.15, 0.2) is 17.2 Å². The van der Waals surface area contributed by atoms with Crippen molar-refractivity contribution in [2.75, 3.05) is 13.1 Å². The number of hydrogen-bond acceptors (Lipinski definition) is 4. The van der Waals surface area contributed by atoms with Crippen LogP contribution in [0, 0.1) is 13.8 Å². The van der Waals surface area contributed by atoms with Gasteiger partial charge in [0.25, 0.3) is 5.56 Å². The standard InChI is InChI=1S/C20H29N5O2/c1-4-5-9-24-11-8-21-19(24)16-7-6-10-25(13-16)18(26)12-17-14(2)22-15(3)23-20(17)27/h8,11,16H,4-7,9-10,12-13H2,1-3H3,(H,22,23,27). The molecular formula is C20H29N5O2. The van der Waals surface area contributed by atoms with Crippen molar-refractivity contribution >= 4 is 5.91 Å². The minimum absolute atomic E-state index is 0.00869. The number of piperidine rings is 1. The maximum Gasteiger partial charge on any atom is 0.254 e. The number of nitrogens with one attached hydrogen (secondary N) is 1. The Bertz CT molecular complexity index is 854. The summed E-state index contributed by atoms with van der Waals surface area (Å²) in [4.78, 5) is 38.5. The molecule has 1 saturated heterocycles. The molecular weight excluding hydrogens is 342 g/mol. The van der Waals surface area contributed by atoms with Crippen LogP contribution in [-0.2, 0) is 17.8 Å². The Balaban J connectivity index is 1.70. The molecule has 0 aliphatic carbocycles. The van der Waals surface area contributed by atoms with Crippen molar-refractivity contribution in [3.8, 4) is 0 Å². The number of unbranched alkanes of at least 4 members (excludes halogenated alkanes) is 1. The number of aromatic nitrogens is 4. The summed E-state index contributed by atoms with van der Waals surface area (Å²) < 4.78 is 2.22. The number of likely N-dealkylation sites (tertiary alicyclic amines) is 1. The molecule has 1 atom stereocenters. The Morgan fingerprint density at radius 1 is 1.37 bits per heavy atom. The molecule has 7 heteroatoms. The number of aryl methyl sites for hydroxylation is 3. The average molecular weight is 371 g/mol. The zero-order chi connectivity index (χ0) is 19.4. The molecule has 1 N–H and O–H groups in total. The lowest BCUT2D eigenvalue weighted by atomic mass is 9.96. The van der Waals surface area contributed by atoms with E-state index in [1.807, 2.05) is 17.3 Å². The Morgan fingerprint density at radius 3 is 2.93 bits per heavy atom. The van der Waals surface area contributed by atoms with Gasteiger partial charge in [0.2, 0.25) is 5.91 Å². The van der Waals surface area contributed by atoms with Crippen LogP contribution in [0.4, 0.5) is 0 Å². The highest BCUT2D eigenvalue weighted by Gasteiger charge is 2.28. The molecule has 1 aliphatic rings. The minimum Gasteiger partial charge on any atom is -0.342 e. The lowest BCUT2D eigenvalue weighted by Crippen LogP contribution is -2.41. The lowest BCUT2D eigenvalue weighted by molar-refractivity contribution is -0.131. The molecule has 1 amide bonds. The van der Waals surface area contributed by atoms with E-state index in [1.54, 1.807) is 13.8 Å². The van der Waals surface area contributed by atoms with Crippen LogP contribution >= 0.6 is 0 Å². The third-order valence-corrected chi connectivity index (χ3v) is 5.31. The third kappa shape index (κ3) is 4.46. The minimum atomic E-state index is -0.211. The number of carbonyl (C=O) groups is 1. The summed E-state index contributed by atoms with van der Waals surface area (Å²) in [5.41, 5.74) is 0.891.